The molecule has 0 spiro atoms. The van der Waals surface area contributed by atoms with Crippen molar-refractivity contribution < 1.29 is 4.79 Å². The molecule has 0 aliphatic heterocycles. The van der Waals surface area contributed by atoms with Gasteiger partial charge in [0.1, 0.15) is 16.8 Å². The van der Waals surface area contributed by atoms with Crippen molar-refractivity contribution >= 4 is 22.6 Å². The Balaban J connectivity index is 2.43. The molecule has 0 bridgehead atoms. The Morgan fingerprint density at radius 1 is 1.46 bits per heavy atom. The molecule has 0 saturated heterocycles. The molecule has 26 heavy (non-hydrogen) atoms. The Labute approximate surface area is 150 Å². The fourth-order valence-corrected chi connectivity index (χ4v) is 2.89. The molecule has 0 radical (unpaired) electrons. The first-order valence-corrected chi connectivity index (χ1v) is 8.50. The zero-order valence-corrected chi connectivity index (χ0v) is 14.8. The van der Waals surface area contributed by atoms with E-state index in [1.165, 1.54) is 10.5 Å². The maximum absolute atomic E-state index is 13.0. The second-order valence-electron chi connectivity index (χ2n) is 6.12. The van der Waals surface area contributed by atoms with Crippen molar-refractivity contribution in [2.75, 3.05) is 6.54 Å². The second-order valence-corrected chi connectivity index (χ2v) is 6.12. The van der Waals surface area contributed by atoms with E-state index in [0.717, 1.165) is 6.42 Å². The summed E-state index contributed by atoms with van der Waals surface area (Å²) in [4.78, 5) is 30.0. The summed E-state index contributed by atoms with van der Waals surface area (Å²) in [7, 11) is 0. The van der Waals surface area contributed by atoms with E-state index >= 15 is 0 Å². The summed E-state index contributed by atoms with van der Waals surface area (Å²) in [6.07, 6.45) is 3.94. The molecular formula is C19H21N5O2. The van der Waals surface area contributed by atoms with Gasteiger partial charge in [0.15, 0.2) is 0 Å². The number of fused-ring (bicyclic) bond motifs is 2. The Kier molecular flexibility index (Phi) is 4.71. The lowest BCUT2D eigenvalue weighted by Crippen LogP contribution is -2.36. The fraction of sp³-hybridized carbons (Fsp3) is 0.263. The molecule has 0 aliphatic rings. The number of aromatic nitrogens is 3. The smallest absolute Gasteiger partial charge is 0.267 e. The third-order valence-electron chi connectivity index (χ3n) is 4.44. The Bertz CT molecular complexity index is 1130. The molecule has 0 saturated carbocycles. The first kappa shape index (κ1) is 17.6. The van der Waals surface area contributed by atoms with Gasteiger partial charge in [0.25, 0.3) is 11.5 Å². The van der Waals surface area contributed by atoms with Crippen LogP contribution in [0.1, 0.15) is 36.7 Å². The number of hydrogen-bond acceptors (Lipinski definition) is 4. The minimum Gasteiger partial charge on any atom is -0.348 e. The molecule has 7 nitrogen and oxygen atoms in total. The van der Waals surface area contributed by atoms with Crippen LogP contribution in [0.5, 0.6) is 0 Å². The van der Waals surface area contributed by atoms with Gasteiger partial charge in [-0.25, -0.2) is 4.98 Å². The molecule has 3 rings (SSSR count). The first-order valence-electron chi connectivity index (χ1n) is 8.50. The van der Waals surface area contributed by atoms with Gasteiger partial charge < -0.3 is 9.88 Å². The summed E-state index contributed by atoms with van der Waals surface area (Å²) in [6, 6.07) is 6.68. The Hall–Kier alpha value is -3.22. The van der Waals surface area contributed by atoms with Crippen molar-refractivity contribution in [1.82, 2.24) is 19.3 Å². The normalized spacial score (nSPS) is 12.2. The van der Waals surface area contributed by atoms with E-state index in [4.69, 9.17) is 5.41 Å². The van der Waals surface area contributed by atoms with Gasteiger partial charge >= 0.3 is 0 Å². The maximum atomic E-state index is 13.0. The van der Waals surface area contributed by atoms with Crippen molar-refractivity contribution in [3.63, 3.8) is 0 Å². The minimum absolute atomic E-state index is 0.0422. The number of carbonyl (C=O) groups is 1. The molecule has 0 fully saturated rings. The van der Waals surface area contributed by atoms with E-state index in [2.05, 4.69) is 16.9 Å². The third-order valence-corrected chi connectivity index (χ3v) is 4.44. The van der Waals surface area contributed by atoms with Crippen molar-refractivity contribution in [2.45, 2.75) is 26.3 Å². The SMILES string of the molecule is C=CCNC(=O)c1cc2c(=O)n3ccccc3nc2n(C(C)CC)c1=N. The zero-order valence-electron chi connectivity index (χ0n) is 14.8. The van der Waals surface area contributed by atoms with E-state index in [0.29, 0.717) is 16.7 Å². The number of amides is 1. The predicted octanol–water partition coefficient (Wildman–Crippen LogP) is 2.02. The number of nitrogens with zero attached hydrogens (tertiary/aromatic N) is 3. The summed E-state index contributed by atoms with van der Waals surface area (Å²) in [5.41, 5.74) is 0.849. The molecule has 1 amide bonds. The molecule has 3 aromatic heterocycles. The Morgan fingerprint density at radius 2 is 2.23 bits per heavy atom. The van der Waals surface area contributed by atoms with Crippen molar-refractivity contribution in [3.8, 4) is 0 Å². The lowest BCUT2D eigenvalue weighted by molar-refractivity contribution is 0.0955. The molecule has 3 aromatic rings. The number of pyridine rings is 2. The third kappa shape index (κ3) is 2.81. The van der Waals surface area contributed by atoms with Crippen molar-refractivity contribution in [2.24, 2.45) is 0 Å². The van der Waals surface area contributed by atoms with Crippen LogP contribution in [0.15, 0.2) is 47.9 Å². The van der Waals surface area contributed by atoms with Crippen LogP contribution in [-0.2, 0) is 0 Å². The van der Waals surface area contributed by atoms with Gasteiger partial charge in [-0.3, -0.25) is 19.4 Å². The second kappa shape index (κ2) is 6.95. The van der Waals surface area contributed by atoms with Crippen molar-refractivity contribution in [1.29, 1.82) is 5.41 Å². The summed E-state index contributed by atoms with van der Waals surface area (Å²) in [5, 5.41) is 11.5. The highest BCUT2D eigenvalue weighted by atomic mass is 16.1. The zero-order chi connectivity index (χ0) is 18.8. The van der Waals surface area contributed by atoms with Gasteiger partial charge in [0.05, 0.1) is 10.9 Å². The predicted molar refractivity (Wildman–Crippen MR) is 100 cm³/mol. The quantitative estimate of drug-likeness (QED) is 0.544. The van der Waals surface area contributed by atoms with Gasteiger partial charge in [0, 0.05) is 18.8 Å². The van der Waals surface area contributed by atoms with E-state index in [1.807, 2.05) is 13.8 Å². The minimum atomic E-state index is -0.411. The molecule has 3 heterocycles. The van der Waals surface area contributed by atoms with E-state index in [1.54, 1.807) is 35.0 Å². The monoisotopic (exact) mass is 351 g/mol. The number of carbonyl (C=O) groups excluding carboxylic acids is 1. The standard InChI is InChI=1S/C19H21N5O2/c1-4-9-21-18(25)13-11-14-17(24(16(13)20)12(3)5-2)22-15-8-6-7-10-23(15)19(14)26/h4,6-8,10-12,20H,1,5,9H2,2-3H3,(H,21,25). The van der Waals surface area contributed by atoms with Gasteiger partial charge in [-0.15, -0.1) is 6.58 Å². The van der Waals surface area contributed by atoms with Crippen LogP contribution in [-0.4, -0.2) is 26.4 Å². The average Bonchev–Trinajstić information content (AvgIpc) is 2.65. The molecule has 1 atom stereocenters. The van der Waals surface area contributed by atoms with Gasteiger partial charge in [-0.2, -0.15) is 0 Å². The summed E-state index contributed by atoms with van der Waals surface area (Å²) < 4.78 is 3.10. The number of hydrogen-bond donors (Lipinski definition) is 2. The molecule has 0 aliphatic carbocycles. The van der Waals surface area contributed by atoms with E-state index in [9.17, 15) is 9.59 Å². The van der Waals surface area contributed by atoms with Crippen LogP contribution in [0.25, 0.3) is 16.7 Å². The fourth-order valence-electron chi connectivity index (χ4n) is 2.89. The Morgan fingerprint density at radius 3 is 2.92 bits per heavy atom. The highest BCUT2D eigenvalue weighted by Gasteiger charge is 2.19. The van der Waals surface area contributed by atoms with Gasteiger partial charge in [0.2, 0.25) is 0 Å². The molecule has 1 unspecified atom stereocenters. The highest BCUT2D eigenvalue weighted by molar-refractivity contribution is 5.96. The molecular weight excluding hydrogens is 330 g/mol. The lowest BCUT2D eigenvalue weighted by atomic mass is 10.1. The van der Waals surface area contributed by atoms with Crippen LogP contribution in [0, 0.1) is 5.41 Å². The van der Waals surface area contributed by atoms with Crippen LogP contribution >= 0.6 is 0 Å². The largest absolute Gasteiger partial charge is 0.348 e. The summed E-state index contributed by atoms with van der Waals surface area (Å²) in [6.45, 7) is 7.79. The summed E-state index contributed by atoms with van der Waals surface area (Å²) >= 11 is 0. The highest BCUT2D eigenvalue weighted by Crippen LogP contribution is 2.16. The molecule has 134 valence electrons. The summed E-state index contributed by atoms with van der Waals surface area (Å²) in [5.74, 6) is -0.411. The first-order chi connectivity index (χ1) is 12.5. The number of rotatable bonds is 5. The van der Waals surface area contributed by atoms with Crippen LogP contribution in [0.2, 0.25) is 0 Å². The topological polar surface area (TPSA) is 92.2 Å². The van der Waals surface area contributed by atoms with Crippen molar-refractivity contribution in [3.05, 3.63) is 64.5 Å². The number of nitrogens with one attached hydrogen (secondary N) is 2. The van der Waals surface area contributed by atoms with E-state index < -0.39 is 5.91 Å². The molecule has 7 heteroatoms. The van der Waals surface area contributed by atoms with Crippen LogP contribution in [0.4, 0.5) is 0 Å². The molecule has 0 aromatic carbocycles. The van der Waals surface area contributed by atoms with Gasteiger partial charge in [-0.1, -0.05) is 19.1 Å². The molecule has 2 N–H and O–H groups in total. The van der Waals surface area contributed by atoms with Crippen LogP contribution < -0.4 is 16.4 Å². The average molecular weight is 351 g/mol. The lowest BCUT2D eigenvalue weighted by Gasteiger charge is -2.19. The maximum Gasteiger partial charge on any atom is 0.267 e. The van der Waals surface area contributed by atoms with E-state index in [-0.39, 0.29) is 29.2 Å². The van der Waals surface area contributed by atoms with Gasteiger partial charge in [-0.05, 0) is 31.5 Å². The van der Waals surface area contributed by atoms with Crippen LogP contribution in [0.3, 0.4) is 0 Å².